The van der Waals surface area contributed by atoms with Crippen LogP contribution in [0.5, 0.6) is 0 Å². The Kier molecular flexibility index (Phi) is 5.18. The number of rotatable bonds is 5. The predicted molar refractivity (Wildman–Crippen MR) is 68.2 cm³/mol. The average Bonchev–Trinajstić information content (AvgIpc) is 2.91. The highest BCUT2D eigenvalue weighted by molar-refractivity contribution is 5.29. The molecule has 2 unspecified atom stereocenters. The molecule has 3 nitrogen and oxygen atoms in total. The second-order valence-corrected chi connectivity index (χ2v) is 5.05. The Balaban J connectivity index is 2.11. The van der Waals surface area contributed by atoms with Crippen LogP contribution in [-0.4, -0.2) is 31.0 Å². The van der Waals surface area contributed by atoms with Crippen LogP contribution in [0.25, 0.3) is 0 Å². The molecule has 0 saturated carbocycles. The number of hydrogen-bond donors (Lipinski definition) is 2. The average molecular weight is 307 g/mol. The fraction of sp³-hybridized carbons (Fsp3) is 0.571. The van der Waals surface area contributed by atoms with Crippen molar-refractivity contribution in [2.24, 2.45) is 0 Å². The number of halogens is 4. The summed E-state index contributed by atoms with van der Waals surface area (Å²) < 4.78 is 56.8. The van der Waals surface area contributed by atoms with Crippen LogP contribution < -0.4 is 5.32 Å². The SMILES string of the molecule is OCC(NCC1CCCO1)c1cc(F)cc(C(F)(F)F)c1. The van der Waals surface area contributed by atoms with Gasteiger partial charge in [0, 0.05) is 13.2 Å². The van der Waals surface area contributed by atoms with Crippen LogP contribution >= 0.6 is 0 Å². The van der Waals surface area contributed by atoms with Gasteiger partial charge in [-0.25, -0.2) is 4.39 Å². The maximum absolute atomic E-state index is 13.4. The number of benzene rings is 1. The fourth-order valence-electron chi connectivity index (χ4n) is 2.34. The van der Waals surface area contributed by atoms with Gasteiger partial charge in [-0.1, -0.05) is 0 Å². The lowest BCUT2D eigenvalue weighted by Gasteiger charge is -2.20. The predicted octanol–water partition coefficient (Wildman–Crippen LogP) is 2.65. The Morgan fingerprint density at radius 2 is 2.10 bits per heavy atom. The van der Waals surface area contributed by atoms with E-state index in [1.807, 2.05) is 0 Å². The first-order chi connectivity index (χ1) is 9.90. The molecule has 0 amide bonds. The second kappa shape index (κ2) is 6.72. The number of aliphatic hydroxyl groups excluding tert-OH is 1. The summed E-state index contributed by atoms with van der Waals surface area (Å²) in [4.78, 5) is 0. The molecule has 0 spiro atoms. The molecule has 118 valence electrons. The summed E-state index contributed by atoms with van der Waals surface area (Å²) in [6, 6.07) is 1.54. The van der Waals surface area contributed by atoms with Gasteiger partial charge in [0.2, 0.25) is 0 Å². The molecule has 1 aliphatic heterocycles. The molecule has 1 aromatic carbocycles. The molecule has 1 aromatic rings. The van der Waals surface area contributed by atoms with E-state index in [1.165, 1.54) is 0 Å². The quantitative estimate of drug-likeness (QED) is 0.822. The molecule has 1 saturated heterocycles. The van der Waals surface area contributed by atoms with Crippen LogP contribution in [-0.2, 0) is 10.9 Å². The van der Waals surface area contributed by atoms with E-state index in [0.29, 0.717) is 19.2 Å². The van der Waals surface area contributed by atoms with E-state index in [9.17, 15) is 22.7 Å². The van der Waals surface area contributed by atoms with Gasteiger partial charge in [0.1, 0.15) is 5.82 Å². The molecule has 0 aliphatic carbocycles. The molecule has 0 aromatic heterocycles. The number of alkyl halides is 3. The van der Waals surface area contributed by atoms with Crippen molar-refractivity contribution in [2.45, 2.75) is 31.2 Å². The van der Waals surface area contributed by atoms with Gasteiger partial charge in [0.15, 0.2) is 0 Å². The van der Waals surface area contributed by atoms with Gasteiger partial charge in [0.25, 0.3) is 0 Å². The largest absolute Gasteiger partial charge is 0.416 e. The maximum atomic E-state index is 13.4. The molecule has 2 rings (SSSR count). The van der Waals surface area contributed by atoms with Crippen LogP contribution in [0.3, 0.4) is 0 Å². The fourth-order valence-corrected chi connectivity index (χ4v) is 2.34. The highest BCUT2D eigenvalue weighted by Crippen LogP contribution is 2.31. The molecule has 2 atom stereocenters. The summed E-state index contributed by atoms with van der Waals surface area (Å²) >= 11 is 0. The van der Waals surface area contributed by atoms with Gasteiger partial charge in [-0.2, -0.15) is 13.2 Å². The monoisotopic (exact) mass is 307 g/mol. The van der Waals surface area contributed by atoms with E-state index in [0.717, 1.165) is 25.0 Å². The molecule has 1 heterocycles. The Bertz CT molecular complexity index is 473. The van der Waals surface area contributed by atoms with Crippen LogP contribution in [0.4, 0.5) is 17.6 Å². The minimum atomic E-state index is -4.62. The molecule has 1 aliphatic rings. The summed E-state index contributed by atoms with van der Waals surface area (Å²) in [6.07, 6.45) is -2.84. The first kappa shape index (κ1) is 16.2. The van der Waals surface area contributed by atoms with Gasteiger partial charge in [-0.05, 0) is 36.6 Å². The molecule has 2 N–H and O–H groups in total. The molecular formula is C14H17F4NO2. The van der Waals surface area contributed by atoms with Gasteiger partial charge in [-0.3, -0.25) is 0 Å². The zero-order valence-electron chi connectivity index (χ0n) is 11.3. The first-order valence-corrected chi connectivity index (χ1v) is 6.73. The van der Waals surface area contributed by atoms with Gasteiger partial charge >= 0.3 is 6.18 Å². The normalized spacial score (nSPS) is 20.7. The lowest BCUT2D eigenvalue weighted by Crippen LogP contribution is -2.32. The first-order valence-electron chi connectivity index (χ1n) is 6.73. The van der Waals surface area contributed by atoms with Crippen molar-refractivity contribution in [1.82, 2.24) is 5.32 Å². The zero-order chi connectivity index (χ0) is 15.5. The molecular weight excluding hydrogens is 290 g/mol. The summed E-state index contributed by atoms with van der Waals surface area (Å²) in [5.74, 6) is -0.975. The summed E-state index contributed by atoms with van der Waals surface area (Å²) in [5.41, 5.74) is -0.988. The number of hydrogen-bond acceptors (Lipinski definition) is 3. The van der Waals surface area contributed by atoms with E-state index in [-0.39, 0.29) is 11.7 Å². The number of nitrogens with one attached hydrogen (secondary N) is 1. The smallest absolute Gasteiger partial charge is 0.394 e. The van der Waals surface area contributed by atoms with Gasteiger partial charge in [-0.15, -0.1) is 0 Å². The van der Waals surface area contributed by atoms with E-state index in [1.54, 1.807) is 0 Å². The lowest BCUT2D eigenvalue weighted by atomic mass is 10.0. The van der Waals surface area contributed by atoms with Crippen LogP contribution in [0.15, 0.2) is 18.2 Å². The third-order valence-corrected chi connectivity index (χ3v) is 3.45. The highest BCUT2D eigenvalue weighted by atomic mass is 19.4. The Hall–Kier alpha value is -1.18. The Morgan fingerprint density at radius 1 is 1.33 bits per heavy atom. The molecule has 7 heteroatoms. The van der Waals surface area contributed by atoms with Gasteiger partial charge in [0.05, 0.1) is 24.3 Å². The van der Waals surface area contributed by atoms with Crippen molar-refractivity contribution in [2.75, 3.05) is 19.8 Å². The van der Waals surface area contributed by atoms with Gasteiger partial charge < -0.3 is 15.2 Å². The van der Waals surface area contributed by atoms with E-state index < -0.39 is 30.2 Å². The minimum absolute atomic E-state index is 0.0188. The van der Waals surface area contributed by atoms with Crippen molar-refractivity contribution in [3.63, 3.8) is 0 Å². The summed E-state index contributed by atoms with van der Waals surface area (Å²) in [6.45, 7) is 0.644. The number of aliphatic hydroxyl groups is 1. The lowest BCUT2D eigenvalue weighted by molar-refractivity contribution is -0.137. The van der Waals surface area contributed by atoms with E-state index >= 15 is 0 Å². The van der Waals surface area contributed by atoms with Crippen LogP contribution in [0, 0.1) is 5.82 Å². The second-order valence-electron chi connectivity index (χ2n) is 5.05. The Morgan fingerprint density at radius 3 is 2.67 bits per heavy atom. The number of ether oxygens (including phenoxy) is 1. The third-order valence-electron chi connectivity index (χ3n) is 3.45. The zero-order valence-corrected chi connectivity index (χ0v) is 11.3. The van der Waals surface area contributed by atoms with Crippen molar-refractivity contribution < 1.29 is 27.4 Å². The van der Waals surface area contributed by atoms with Crippen molar-refractivity contribution >= 4 is 0 Å². The van der Waals surface area contributed by atoms with Crippen molar-refractivity contribution in [1.29, 1.82) is 0 Å². The van der Waals surface area contributed by atoms with E-state index in [2.05, 4.69) is 5.32 Å². The standard InChI is InChI=1S/C14H17F4NO2/c15-11-5-9(4-10(6-11)14(16,17)18)13(8-20)19-7-12-2-1-3-21-12/h4-6,12-13,19-20H,1-3,7-8H2. The Labute approximate surface area is 119 Å². The summed E-state index contributed by atoms with van der Waals surface area (Å²) in [7, 11) is 0. The molecule has 0 bridgehead atoms. The molecule has 1 fully saturated rings. The molecule has 21 heavy (non-hydrogen) atoms. The minimum Gasteiger partial charge on any atom is -0.394 e. The van der Waals surface area contributed by atoms with Crippen molar-refractivity contribution in [3.8, 4) is 0 Å². The van der Waals surface area contributed by atoms with Crippen LogP contribution in [0.2, 0.25) is 0 Å². The summed E-state index contributed by atoms with van der Waals surface area (Å²) in [5, 5.41) is 12.3. The van der Waals surface area contributed by atoms with Crippen molar-refractivity contribution in [3.05, 3.63) is 35.1 Å². The van der Waals surface area contributed by atoms with Crippen LogP contribution in [0.1, 0.15) is 30.0 Å². The topological polar surface area (TPSA) is 41.5 Å². The maximum Gasteiger partial charge on any atom is 0.416 e. The molecule has 0 radical (unpaired) electrons. The third kappa shape index (κ3) is 4.39. The highest BCUT2D eigenvalue weighted by Gasteiger charge is 2.32. The van der Waals surface area contributed by atoms with E-state index in [4.69, 9.17) is 4.74 Å².